The van der Waals surface area contributed by atoms with Crippen LogP contribution in [0.4, 0.5) is 5.95 Å². The van der Waals surface area contributed by atoms with Gasteiger partial charge in [-0.3, -0.25) is 4.57 Å². The molecule has 1 aromatic carbocycles. The molecule has 0 aliphatic carbocycles. The maximum absolute atomic E-state index is 5.68. The zero-order valence-corrected chi connectivity index (χ0v) is 18.0. The first-order chi connectivity index (χ1) is 14.1. The van der Waals surface area contributed by atoms with Gasteiger partial charge in [0.05, 0.1) is 18.9 Å². The Morgan fingerprint density at radius 1 is 1.10 bits per heavy atom. The average Bonchev–Trinajstić information content (AvgIpc) is 3.34. The van der Waals surface area contributed by atoms with Crippen LogP contribution in [0.5, 0.6) is 0 Å². The van der Waals surface area contributed by atoms with E-state index in [-0.39, 0.29) is 0 Å². The molecule has 1 aliphatic rings. The van der Waals surface area contributed by atoms with Crippen LogP contribution >= 0.6 is 11.8 Å². The number of nitrogens with zero attached hydrogens (tertiary/aromatic N) is 5. The fourth-order valence-electron chi connectivity index (χ4n) is 3.25. The Kier molecular flexibility index (Phi) is 6.20. The molecular formula is C21H27N5O2S. The minimum atomic E-state index is 0.505. The van der Waals surface area contributed by atoms with Crippen molar-refractivity contribution in [1.29, 1.82) is 0 Å². The third-order valence-electron chi connectivity index (χ3n) is 4.74. The van der Waals surface area contributed by atoms with E-state index in [1.54, 1.807) is 18.0 Å². The monoisotopic (exact) mass is 413 g/mol. The summed E-state index contributed by atoms with van der Waals surface area (Å²) in [4.78, 5) is 6.90. The fraction of sp³-hybridized carbons (Fsp3) is 0.476. The van der Waals surface area contributed by atoms with Crippen molar-refractivity contribution in [1.82, 2.24) is 19.7 Å². The van der Waals surface area contributed by atoms with Crippen LogP contribution in [0.3, 0.4) is 0 Å². The van der Waals surface area contributed by atoms with Gasteiger partial charge in [0.15, 0.2) is 5.16 Å². The van der Waals surface area contributed by atoms with Crippen molar-refractivity contribution in [2.24, 2.45) is 5.92 Å². The number of hydrogen-bond donors (Lipinski definition) is 0. The molecule has 2 aromatic heterocycles. The largest absolute Gasteiger partial charge is 0.444 e. The van der Waals surface area contributed by atoms with E-state index in [1.807, 2.05) is 12.1 Å². The maximum atomic E-state index is 5.68. The Balaban J connectivity index is 1.48. The molecule has 29 heavy (non-hydrogen) atoms. The molecule has 0 spiro atoms. The van der Waals surface area contributed by atoms with Crippen LogP contribution in [0.25, 0.3) is 11.5 Å². The number of rotatable bonds is 7. The Bertz CT molecular complexity index is 929. The highest BCUT2D eigenvalue weighted by Crippen LogP contribution is 2.28. The minimum absolute atomic E-state index is 0.505. The summed E-state index contributed by atoms with van der Waals surface area (Å²) in [6.45, 7) is 10.5. The van der Waals surface area contributed by atoms with Gasteiger partial charge in [-0.2, -0.15) is 0 Å². The smallest absolute Gasteiger partial charge is 0.228 e. The van der Waals surface area contributed by atoms with Crippen LogP contribution < -0.4 is 4.90 Å². The van der Waals surface area contributed by atoms with Gasteiger partial charge in [-0.1, -0.05) is 43.3 Å². The second kappa shape index (κ2) is 9.00. The molecule has 3 aromatic rings. The summed E-state index contributed by atoms with van der Waals surface area (Å²) in [7, 11) is 0. The number of aryl methyl sites for hydroxylation is 1. The van der Waals surface area contributed by atoms with E-state index in [0.717, 1.165) is 55.2 Å². The molecule has 0 unspecified atom stereocenters. The van der Waals surface area contributed by atoms with E-state index in [1.165, 1.54) is 5.56 Å². The molecule has 0 N–H and O–H groups in total. The number of benzene rings is 1. The van der Waals surface area contributed by atoms with Crippen LogP contribution in [-0.4, -0.2) is 46.1 Å². The van der Waals surface area contributed by atoms with Crippen molar-refractivity contribution in [3.8, 4) is 11.5 Å². The van der Waals surface area contributed by atoms with Gasteiger partial charge < -0.3 is 14.1 Å². The lowest BCUT2D eigenvalue weighted by molar-refractivity contribution is 0.121. The quantitative estimate of drug-likeness (QED) is 0.542. The SMILES string of the molecule is Cc1ccc(-c2nc(CSc3nnc(N4CCOCC4)n3CC(C)C)co2)cc1. The van der Waals surface area contributed by atoms with Gasteiger partial charge in [0.25, 0.3) is 0 Å². The Labute approximate surface area is 175 Å². The molecule has 0 bridgehead atoms. The number of anilines is 1. The lowest BCUT2D eigenvalue weighted by Crippen LogP contribution is -2.38. The predicted octanol–water partition coefficient (Wildman–Crippen LogP) is 4.03. The number of thioether (sulfide) groups is 1. The van der Waals surface area contributed by atoms with Gasteiger partial charge in [0, 0.05) is 31.0 Å². The zero-order valence-electron chi connectivity index (χ0n) is 17.2. The molecule has 0 saturated carbocycles. The minimum Gasteiger partial charge on any atom is -0.444 e. The molecule has 8 heteroatoms. The third kappa shape index (κ3) is 4.82. The highest BCUT2D eigenvalue weighted by atomic mass is 32.2. The second-order valence-corrected chi connectivity index (χ2v) is 8.63. The summed E-state index contributed by atoms with van der Waals surface area (Å²) in [6.07, 6.45) is 1.73. The number of aromatic nitrogens is 4. The van der Waals surface area contributed by atoms with E-state index in [2.05, 4.69) is 57.6 Å². The van der Waals surface area contributed by atoms with E-state index in [9.17, 15) is 0 Å². The van der Waals surface area contributed by atoms with Crippen molar-refractivity contribution >= 4 is 17.7 Å². The standard InChI is InChI=1S/C21H27N5O2S/c1-15(2)12-26-20(25-8-10-27-11-9-25)23-24-21(26)29-14-18-13-28-19(22-18)17-6-4-16(3)5-7-17/h4-7,13,15H,8-12,14H2,1-3H3. The van der Waals surface area contributed by atoms with Gasteiger partial charge in [-0.05, 0) is 25.0 Å². The van der Waals surface area contributed by atoms with Gasteiger partial charge in [-0.25, -0.2) is 4.98 Å². The molecule has 0 atom stereocenters. The molecule has 0 radical (unpaired) electrons. The Hall–Kier alpha value is -2.32. The molecule has 1 fully saturated rings. The molecular weight excluding hydrogens is 386 g/mol. The topological polar surface area (TPSA) is 69.2 Å². The average molecular weight is 414 g/mol. The summed E-state index contributed by atoms with van der Waals surface area (Å²) in [5.74, 6) is 2.78. The molecule has 154 valence electrons. The van der Waals surface area contributed by atoms with Crippen LogP contribution in [0, 0.1) is 12.8 Å². The van der Waals surface area contributed by atoms with Crippen molar-refractivity contribution in [3.63, 3.8) is 0 Å². The summed E-state index contributed by atoms with van der Waals surface area (Å²) in [6, 6.07) is 8.20. The number of ether oxygens (including phenoxy) is 1. The van der Waals surface area contributed by atoms with E-state index < -0.39 is 0 Å². The third-order valence-corrected chi connectivity index (χ3v) is 5.74. The van der Waals surface area contributed by atoms with E-state index in [0.29, 0.717) is 17.6 Å². The normalized spacial score (nSPS) is 14.7. The van der Waals surface area contributed by atoms with E-state index in [4.69, 9.17) is 9.15 Å². The highest BCUT2D eigenvalue weighted by molar-refractivity contribution is 7.98. The number of morpholine rings is 1. The maximum Gasteiger partial charge on any atom is 0.228 e. The van der Waals surface area contributed by atoms with Gasteiger partial charge in [-0.15, -0.1) is 10.2 Å². The summed E-state index contributed by atoms with van der Waals surface area (Å²) in [5, 5.41) is 9.87. The second-order valence-electron chi connectivity index (χ2n) is 7.69. The van der Waals surface area contributed by atoms with Gasteiger partial charge in [0.2, 0.25) is 11.8 Å². The van der Waals surface area contributed by atoms with Gasteiger partial charge in [0.1, 0.15) is 6.26 Å². The Morgan fingerprint density at radius 2 is 1.86 bits per heavy atom. The first-order valence-corrected chi connectivity index (χ1v) is 11.0. The zero-order chi connectivity index (χ0) is 20.2. The number of oxazole rings is 1. The van der Waals surface area contributed by atoms with Crippen molar-refractivity contribution < 1.29 is 9.15 Å². The first-order valence-electron chi connectivity index (χ1n) is 10.0. The van der Waals surface area contributed by atoms with Crippen LogP contribution in [0.1, 0.15) is 25.1 Å². The van der Waals surface area contributed by atoms with Crippen LogP contribution in [-0.2, 0) is 17.0 Å². The number of hydrogen-bond acceptors (Lipinski definition) is 7. The first kappa shape index (κ1) is 20.0. The highest BCUT2D eigenvalue weighted by Gasteiger charge is 2.21. The Morgan fingerprint density at radius 3 is 2.59 bits per heavy atom. The lowest BCUT2D eigenvalue weighted by Gasteiger charge is -2.28. The van der Waals surface area contributed by atoms with E-state index >= 15 is 0 Å². The van der Waals surface area contributed by atoms with Crippen molar-refractivity contribution in [2.75, 3.05) is 31.2 Å². The predicted molar refractivity (Wildman–Crippen MR) is 114 cm³/mol. The molecule has 3 heterocycles. The molecule has 0 amide bonds. The van der Waals surface area contributed by atoms with Crippen LogP contribution in [0.15, 0.2) is 40.1 Å². The summed E-state index contributed by atoms with van der Waals surface area (Å²) in [5.41, 5.74) is 3.11. The van der Waals surface area contributed by atoms with Crippen LogP contribution in [0.2, 0.25) is 0 Å². The summed E-state index contributed by atoms with van der Waals surface area (Å²) < 4.78 is 13.4. The lowest BCUT2D eigenvalue weighted by atomic mass is 10.1. The molecule has 7 nitrogen and oxygen atoms in total. The molecule has 1 saturated heterocycles. The summed E-state index contributed by atoms with van der Waals surface area (Å²) >= 11 is 1.65. The molecule has 4 rings (SSSR count). The molecule has 1 aliphatic heterocycles. The van der Waals surface area contributed by atoms with Crippen molar-refractivity contribution in [3.05, 3.63) is 41.8 Å². The van der Waals surface area contributed by atoms with Crippen molar-refractivity contribution in [2.45, 2.75) is 38.2 Å². The van der Waals surface area contributed by atoms with Gasteiger partial charge >= 0.3 is 0 Å². The fourth-order valence-corrected chi connectivity index (χ4v) is 4.07.